The van der Waals surface area contributed by atoms with E-state index in [2.05, 4.69) is 11.8 Å². The van der Waals surface area contributed by atoms with Crippen molar-refractivity contribution in [3.63, 3.8) is 0 Å². The smallest absolute Gasteiger partial charge is 0.147 e. The van der Waals surface area contributed by atoms with Crippen molar-refractivity contribution < 1.29 is 13.2 Å². The van der Waals surface area contributed by atoms with E-state index >= 15 is 0 Å². The Hall–Kier alpha value is -1.18. The fourth-order valence-electron chi connectivity index (χ4n) is 1.31. The summed E-state index contributed by atoms with van der Waals surface area (Å²) in [6.45, 7) is 0.374. The number of halogens is 1. The van der Waals surface area contributed by atoms with E-state index in [1.54, 1.807) is 6.07 Å². The standard InChI is InChI=1S/C13H15ClO3S/c1-18(15,16)10-4-9-17-13-7-2-5-12(11-13)6-3-8-14/h2,5,7,11H,4,8-10H2,1H3. The Balaban J connectivity index is 2.48. The van der Waals surface area contributed by atoms with Gasteiger partial charge in [0.05, 0.1) is 18.2 Å². The van der Waals surface area contributed by atoms with Crippen LogP contribution >= 0.6 is 11.6 Å². The number of sulfone groups is 1. The average molecular weight is 287 g/mol. The summed E-state index contributed by atoms with van der Waals surface area (Å²) in [5.74, 6) is 6.76. The molecule has 1 rings (SSSR count). The van der Waals surface area contributed by atoms with E-state index in [1.165, 1.54) is 6.26 Å². The monoisotopic (exact) mass is 286 g/mol. The van der Waals surface area contributed by atoms with E-state index < -0.39 is 9.84 Å². The van der Waals surface area contributed by atoms with E-state index in [4.69, 9.17) is 16.3 Å². The van der Waals surface area contributed by atoms with Crippen LogP contribution in [0.1, 0.15) is 12.0 Å². The molecule has 3 nitrogen and oxygen atoms in total. The molecule has 0 heterocycles. The molecule has 0 fully saturated rings. The lowest BCUT2D eigenvalue weighted by Gasteiger charge is -2.05. The normalized spacial score (nSPS) is 10.6. The Bertz CT molecular complexity index is 541. The van der Waals surface area contributed by atoms with Gasteiger partial charge in [0.15, 0.2) is 0 Å². The summed E-state index contributed by atoms with van der Waals surface area (Å²) in [7, 11) is -2.92. The third-order valence-corrected chi connectivity index (χ3v) is 3.23. The number of rotatable bonds is 5. The first-order valence-electron chi connectivity index (χ1n) is 5.47. The topological polar surface area (TPSA) is 43.4 Å². The molecule has 0 bridgehead atoms. The second kappa shape index (κ2) is 7.30. The van der Waals surface area contributed by atoms with Crippen molar-refractivity contribution in [2.45, 2.75) is 6.42 Å². The highest BCUT2D eigenvalue weighted by molar-refractivity contribution is 7.90. The highest BCUT2D eigenvalue weighted by Gasteiger charge is 2.02. The molecule has 0 radical (unpaired) electrons. The van der Waals surface area contributed by atoms with E-state index in [0.29, 0.717) is 24.7 Å². The first kappa shape index (κ1) is 14.9. The van der Waals surface area contributed by atoms with Gasteiger partial charge in [0.25, 0.3) is 0 Å². The number of ether oxygens (including phenoxy) is 1. The molecule has 0 N–H and O–H groups in total. The maximum absolute atomic E-state index is 10.9. The molecule has 5 heteroatoms. The maximum atomic E-state index is 10.9. The summed E-state index contributed by atoms with van der Waals surface area (Å²) in [6.07, 6.45) is 1.70. The molecule has 0 unspecified atom stereocenters. The summed E-state index contributed by atoms with van der Waals surface area (Å²) in [6, 6.07) is 7.32. The second-order valence-corrected chi connectivity index (χ2v) is 6.32. The highest BCUT2D eigenvalue weighted by atomic mass is 35.5. The van der Waals surface area contributed by atoms with Crippen LogP contribution in [-0.4, -0.2) is 32.9 Å². The molecule has 0 atom stereocenters. The van der Waals surface area contributed by atoms with Crippen molar-refractivity contribution in [1.82, 2.24) is 0 Å². The second-order valence-electron chi connectivity index (χ2n) is 3.80. The predicted octanol–water partition coefficient (Wildman–Crippen LogP) is 2.09. The van der Waals surface area contributed by atoms with Gasteiger partial charge < -0.3 is 4.74 Å². The minimum Gasteiger partial charge on any atom is -0.494 e. The Labute approximate surface area is 113 Å². The van der Waals surface area contributed by atoms with Gasteiger partial charge in [-0.2, -0.15) is 0 Å². The Morgan fingerprint density at radius 3 is 2.83 bits per heavy atom. The van der Waals surface area contributed by atoms with Gasteiger partial charge in [-0.25, -0.2) is 8.42 Å². The molecule has 0 spiro atoms. The van der Waals surface area contributed by atoms with E-state index in [-0.39, 0.29) is 5.75 Å². The Kier molecular flexibility index (Phi) is 6.03. The summed E-state index contributed by atoms with van der Waals surface area (Å²) >= 11 is 5.47. The maximum Gasteiger partial charge on any atom is 0.147 e. The molecular formula is C13H15ClO3S. The van der Waals surface area contributed by atoms with Gasteiger partial charge in [-0.3, -0.25) is 0 Å². The summed E-state index contributed by atoms with van der Waals surface area (Å²) < 4.78 is 27.3. The molecule has 1 aromatic carbocycles. The number of benzene rings is 1. The molecule has 0 amide bonds. The Morgan fingerprint density at radius 1 is 1.39 bits per heavy atom. The third-order valence-electron chi connectivity index (χ3n) is 2.06. The average Bonchev–Trinajstić information content (AvgIpc) is 2.31. The summed E-state index contributed by atoms with van der Waals surface area (Å²) in [5, 5.41) is 0. The zero-order valence-electron chi connectivity index (χ0n) is 10.1. The molecule has 98 valence electrons. The lowest BCUT2D eigenvalue weighted by molar-refractivity contribution is 0.317. The van der Waals surface area contributed by atoms with Gasteiger partial charge in [0.1, 0.15) is 15.6 Å². The van der Waals surface area contributed by atoms with Crippen LogP contribution in [0.15, 0.2) is 24.3 Å². The van der Waals surface area contributed by atoms with Crippen molar-refractivity contribution in [2.24, 2.45) is 0 Å². The Morgan fingerprint density at radius 2 is 2.17 bits per heavy atom. The van der Waals surface area contributed by atoms with Crippen LogP contribution in [0.4, 0.5) is 0 Å². The molecule has 0 aliphatic rings. The molecule has 0 aliphatic carbocycles. The quantitative estimate of drug-likeness (QED) is 0.473. The SMILES string of the molecule is CS(=O)(=O)CCCOc1cccc(C#CCCl)c1. The van der Waals surface area contributed by atoms with Gasteiger partial charge in [0, 0.05) is 11.8 Å². The largest absolute Gasteiger partial charge is 0.494 e. The van der Waals surface area contributed by atoms with Crippen LogP contribution in [0.2, 0.25) is 0 Å². The van der Waals surface area contributed by atoms with E-state index in [0.717, 1.165) is 5.56 Å². The first-order chi connectivity index (χ1) is 8.51. The third kappa shape index (κ3) is 6.53. The molecule has 0 saturated carbocycles. The fourth-order valence-corrected chi connectivity index (χ4v) is 2.02. The lowest BCUT2D eigenvalue weighted by atomic mass is 10.2. The van der Waals surface area contributed by atoms with Crippen LogP contribution < -0.4 is 4.74 Å². The number of alkyl halides is 1. The predicted molar refractivity (Wildman–Crippen MR) is 73.9 cm³/mol. The van der Waals surface area contributed by atoms with Gasteiger partial charge in [-0.1, -0.05) is 17.9 Å². The first-order valence-corrected chi connectivity index (χ1v) is 8.06. The van der Waals surface area contributed by atoms with Crippen LogP contribution in [-0.2, 0) is 9.84 Å². The van der Waals surface area contributed by atoms with Crippen molar-refractivity contribution >= 4 is 21.4 Å². The van der Waals surface area contributed by atoms with Gasteiger partial charge in [-0.15, -0.1) is 11.6 Å². The van der Waals surface area contributed by atoms with Crippen molar-refractivity contribution in [2.75, 3.05) is 24.5 Å². The van der Waals surface area contributed by atoms with Crippen LogP contribution in [0.25, 0.3) is 0 Å². The highest BCUT2D eigenvalue weighted by Crippen LogP contribution is 2.12. The van der Waals surface area contributed by atoms with Crippen molar-refractivity contribution in [3.05, 3.63) is 29.8 Å². The minimum atomic E-state index is -2.92. The van der Waals surface area contributed by atoms with Crippen LogP contribution in [0.3, 0.4) is 0 Å². The zero-order valence-corrected chi connectivity index (χ0v) is 11.7. The zero-order chi connectivity index (χ0) is 13.4. The minimum absolute atomic E-state index is 0.138. The van der Waals surface area contributed by atoms with Crippen LogP contribution in [0.5, 0.6) is 5.75 Å². The van der Waals surface area contributed by atoms with Crippen molar-refractivity contribution in [1.29, 1.82) is 0 Å². The van der Waals surface area contributed by atoms with Gasteiger partial charge in [-0.05, 0) is 24.6 Å². The molecular weight excluding hydrogens is 272 g/mol. The summed E-state index contributed by atoms with van der Waals surface area (Å²) in [4.78, 5) is 0. The molecule has 18 heavy (non-hydrogen) atoms. The number of hydrogen-bond acceptors (Lipinski definition) is 3. The van der Waals surface area contributed by atoms with Crippen LogP contribution in [0, 0.1) is 11.8 Å². The fraction of sp³-hybridized carbons (Fsp3) is 0.385. The van der Waals surface area contributed by atoms with Gasteiger partial charge >= 0.3 is 0 Å². The molecule has 0 aromatic heterocycles. The van der Waals surface area contributed by atoms with E-state index in [1.807, 2.05) is 18.2 Å². The molecule has 1 aromatic rings. The molecule has 0 saturated heterocycles. The van der Waals surface area contributed by atoms with Crippen molar-refractivity contribution in [3.8, 4) is 17.6 Å². The van der Waals surface area contributed by atoms with E-state index in [9.17, 15) is 8.42 Å². The molecule has 0 aliphatic heterocycles. The summed E-state index contributed by atoms with van der Waals surface area (Å²) in [5.41, 5.74) is 0.830. The lowest BCUT2D eigenvalue weighted by Crippen LogP contribution is -2.07. The number of hydrogen-bond donors (Lipinski definition) is 0. The van der Waals surface area contributed by atoms with Gasteiger partial charge in [0.2, 0.25) is 0 Å².